The van der Waals surface area contributed by atoms with Crippen LogP contribution in [0.1, 0.15) is 4.88 Å². The van der Waals surface area contributed by atoms with Crippen molar-refractivity contribution in [3.05, 3.63) is 22.2 Å². The Kier molecular flexibility index (Phi) is 3.91. The Hall–Kier alpha value is -0.780. The molecular formula is C11H10ClNO2S2. The van der Waals surface area contributed by atoms with Gasteiger partial charge in [-0.15, -0.1) is 11.3 Å². The minimum absolute atomic E-state index is 0.244. The molecule has 6 heteroatoms. The van der Waals surface area contributed by atoms with E-state index in [9.17, 15) is 4.79 Å². The highest BCUT2D eigenvalue weighted by Crippen LogP contribution is 2.39. The van der Waals surface area contributed by atoms with Crippen molar-refractivity contribution in [2.45, 2.75) is 11.9 Å². The standard InChI is InChI=1S/C11H10ClNO2S2/c1-6-10(12)9-7(17-6)3-4-13-11(9)16-5-8(14)15-2/h3-4H,5H2,1-2H3. The van der Waals surface area contributed by atoms with Crippen molar-refractivity contribution >= 4 is 50.8 Å². The first-order valence-electron chi connectivity index (χ1n) is 4.86. The van der Waals surface area contributed by atoms with Crippen LogP contribution < -0.4 is 0 Å². The molecule has 0 N–H and O–H groups in total. The van der Waals surface area contributed by atoms with Crippen LogP contribution in [0.2, 0.25) is 5.02 Å². The fourth-order valence-corrected chi connectivity index (χ4v) is 3.69. The maximum atomic E-state index is 11.1. The first-order chi connectivity index (χ1) is 8.13. The fourth-order valence-electron chi connectivity index (χ4n) is 1.39. The minimum atomic E-state index is -0.267. The Morgan fingerprint density at radius 2 is 2.41 bits per heavy atom. The van der Waals surface area contributed by atoms with E-state index >= 15 is 0 Å². The molecule has 0 aliphatic rings. The lowest BCUT2D eigenvalue weighted by molar-refractivity contribution is -0.137. The highest BCUT2D eigenvalue weighted by atomic mass is 35.5. The first kappa shape index (κ1) is 12.7. The van der Waals surface area contributed by atoms with Gasteiger partial charge in [0.2, 0.25) is 0 Å². The van der Waals surface area contributed by atoms with Gasteiger partial charge in [-0.2, -0.15) is 0 Å². The van der Waals surface area contributed by atoms with E-state index in [2.05, 4.69) is 9.72 Å². The number of aryl methyl sites for hydroxylation is 1. The Balaban J connectivity index is 2.37. The van der Waals surface area contributed by atoms with Crippen LogP contribution in [0.4, 0.5) is 0 Å². The lowest BCUT2D eigenvalue weighted by atomic mass is 10.3. The van der Waals surface area contributed by atoms with Crippen molar-refractivity contribution in [2.75, 3.05) is 12.9 Å². The van der Waals surface area contributed by atoms with Crippen molar-refractivity contribution in [3.63, 3.8) is 0 Å². The van der Waals surface area contributed by atoms with Gasteiger partial charge in [0.25, 0.3) is 0 Å². The Labute approximate surface area is 112 Å². The zero-order chi connectivity index (χ0) is 12.4. The number of aromatic nitrogens is 1. The van der Waals surface area contributed by atoms with Gasteiger partial charge in [0.05, 0.1) is 17.9 Å². The molecule has 2 aromatic rings. The maximum Gasteiger partial charge on any atom is 0.316 e. The smallest absolute Gasteiger partial charge is 0.316 e. The molecule has 0 spiro atoms. The van der Waals surface area contributed by atoms with Crippen LogP contribution in [-0.2, 0) is 9.53 Å². The maximum absolute atomic E-state index is 11.1. The number of thiophene rings is 1. The molecule has 2 heterocycles. The van der Waals surface area contributed by atoms with Gasteiger partial charge in [-0.1, -0.05) is 23.4 Å². The number of hydrogen-bond acceptors (Lipinski definition) is 5. The van der Waals surface area contributed by atoms with Crippen LogP contribution in [0.5, 0.6) is 0 Å². The number of fused-ring (bicyclic) bond motifs is 1. The van der Waals surface area contributed by atoms with Crippen molar-refractivity contribution in [3.8, 4) is 0 Å². The number of esters is 1. The van der Waals surface area contributed by atoms with Gasteiger partial charge in [0, 0.05) is 21.2 Å². The van der Waals surface area contributed by atoms with Crippen molar-refractivity contribution < 1.29 is 9.53 Å². The normalized spacial score (nSPS) is 10.8. The molecule has 2 rings (SSSR count). The molecule has 0 fully saturated rings. The second kappa shape index (κ2) is 5.25. The summed E-state index contributed by atoms with van der Waals surface area (Å²) in [4.78, 5) is 16.4. The number of thioether (sulfide) groups is 1. The summed E-state index contributed by atoms with van der Waals surface area (Å²) in [6, 6.07) is 1.93. The number of carbonyl (C=O) groups is 1. The van der Waals surface area contributed by atoms with Crippen LogP contribution in [-0.4, -0.2) is 23.8 Å². The summed E-state index contributed by atoms with van der Waals surface area (Å²) in [5, 5.41) is 2.44. The van der Waals surface area contributed by atoms with Crippen LogP contribution >= 0.6 is 34.7 Å². The summed E-state index contributed by atoms with van der Waals surface area (Å²) in [5.41, 5.74) is 0. The van der Waals surface area contributed by atoms with Crippen LogP contribution in [0.15, 0.2) is 17.3 Å². The molecular weight excluding hydrogens is 278 g/mol. The van der Waals surface area contributed by atoms with E-state index in [0.717, 1.165) is 25.0 Å². The number of pyridine rings is 1. The molecule has 0 amide bonds. The number of ether oxygens (including phenoxy) is 1. The lowest BCUT2D eigenvalue weighted by Gasteiger charge is -2.01. The molecule has 0 bridgehead atoms. The van der Waals surface area contributed by atoms with Crippen LogP contribution in [0.3, 0.4) is 0 Å². The van der Waals surface area contributed by atoms with Crippen molar-refractivity contribution in [1.82, 2.24) is 4.98 Å². The lowest BCUT2D eigenvalue weighted by Crippen LogP contribution is -2.03. The van der Waals surface area contributed by atoms with Crippen molar-refractivity contribution in [2.24, 2.45) is 0 Å². The Morgan fingerprint density at radius 3 is 3.12 bits per heavy atom. The molecule has 0 unspecified atom stereocenters. The number of halogens is 1. The van der Waals surface area contributed by atoms with Gasteiger partial charge in [-0.3, -0.25) is 4.79 Å². The molecule has 0 saturated carbocycles. The third kappa shape index (κ3) is 2.56. The molecule has 0 atom stereocenters. The predicted octanol–water partition coefficient (Wildman–Crippen LogP) is 3.52. The summed E-state index contributed by atoms with van der Waals surface area (Å²) in [5.74, 6) is -0.0229. The molecule has 17 heavy (non-hydrogen) atoms. The van der Waals surface area contributed by atoms with Crippen LogP contribution in [0, 0.1) is 6.92 Å². The monoisotopic (exact) mass is 287 g/mol. The largest absolute Gasteiger partial charge is 0.468 e. The van der Waals surface area contributed by atoms with E-state index in [4.69, 9.17) is 11.6 Å². The number of carbonyl (C=O) groups excluding carboxylic acids is 1. The van der Waals surface area contributed by atoms with Gasteiger partial charge in [0.15, 0.2) is 0 Å². The summed E-state index contributed by atoms with van der Waals surface area (Å²) < 4.78 is 5.69. The molecule has 2 aromatic heterocycles. The fraction of sp³-hybridized carbons (Fsp3) is 0.273. The molecule has 0 aromatic carbocycles. The molecule has 90 valence electrons. The van der Waals surface area contributed by atoms with Crippen molar-refractivity contribution in [1.29, 1.82) is 0 Å². The van der Waals surface area contributed by atoms with Gasteiger partial charge in [0.1, 0.15) is 5.03 Å². The molecule has 3 nitrogen and oxygen atoms in total. The average molecular weight is 288 g/mol. The zero-order valence-electron chi connectivity index (χ0n) is 9.32. The average Bonchev–Trinajstić information content (AvgIpc) is 2.63. The van der Waals surface area contributed by atoms with Crippen LogP contribution in [0.25, 0.3) is 10.1 Å². The Bertz CT molecular complexity index is 568. The third-order valence-electron chi connectivity index (χ3n) is 2.22. The van der Waals surface area contributed by atoms with E-state index in [1.165, 1.54) is 18.9 Å². The molecule has 0 aliphatic heterocycles. The topological polar surface area (TPSA) is 39.2 Å². The predicted molar refractivity (Wildman–Crippen MR) is 72.1 cm³/mol. The number of hydrogen-bond donors (Lipinski definition) is 0. The summed E-state index contributed by atoms with van der Waals surface area (Å²) in [6.07, 6.45) is 1.73. The van der Waals surface area contributed by atoms with Gasteiger partial charge in [-0.05, 0) is 13.0 Å². The number of nitrogens with zero attached hydrogens (tertiary/aromatic N) is 1. The van der Waals surface area contributed by atoms with Gasteiger partial charge in [-0.25, -0.2) is 4.98 Å². The van der Waals surface area contributed by atoms with E-state index < -0.39 is 0 Å². The summed E-state index contributed by atoms with van der Waals surface area (Å²) >= 11 is 9.21. The second-order valence-electron chi connectivity index (χ2n) is 3.33. The van der Waals surface area contributed by atoms with E-state index in [0.29, 0.717) is 0 Å². The van der Waals surface area contributed by atoms with Gasteiger partial charge < -0.3 is 4.74 Å². The van der Waals surface area contributed by atoms with E-state index in [-0.39, 0.29) is 11.7 Å². The van der Waals surface area contributed by atoms with E-state index in [1.807, 2.05) is 13.0 Å². The number of methoxy groups -OCH3 is 1. The SMILES string of the molecule is COC(=O)CSc1nccc2sc(C)c(Cl)c12. The number of rotatable bonds is 3. The summed E-state index contributed by atoms with van der Waals surface area (Å²) in [6.45, 7) is 1.97. The molecule has 0 saturated heterocycles. The highest BCUT2D eigenvalue weighted by molar-refractivity contribution is 8.00. The zero-order valence-corrected chi connectivity index (χ0v) is 11.7. The summed E-state index contributed by atoms with van der Waals surface area (Å²) in [7, 11) is 1.37. The second-order valence-corrected chi connectivity index (χ2v) is 5.92. The first-order valence-corrected chi connectivity index (χ1v) is 7.04. The highest BCUT2D eigenvalue weighted by Gasteiger charge is 2.13. The van der Waals surface area contributed by atoms with Gasteiger partial charge >= 0.3 is 5.97 Å². The molecule has 0 aliphatic carbocycles. The minimum Gasteiger partial charge on any atom is -0.468 e. The third-order valence-corrected chi connectivity index (χ3v) is 4.84. The molecule has 0 radical (unpaired) electrons. The van der Waals surface area contributed by atoms with E-state index in [1.54, 1.807) is 17.5 Å². The quantitative estimate of drug-likeness (QED) is 0.639. The Morgan fingerprint density at radius 1 is 1.65 bits per heavy atom.